The van der Waals surface area contributed by atoms with Crippen molar-refractivity contribution >= 4 is 42.6 Å². The SMILES string of the molecule is CCc1ccc2nc(NC(=O)c3ccc(F)c(S(=O)(=O)N(CC)CC)c3)sc2c1. The molecule has 0 saturated heterocycles. The molecular weight excluding hydrogens is 413 g/mol. The van der Waals surface area contributed by atoms with E-state index in [-0.39, 0.29) is 18.7 Å². The largest absolute Gasteiger partial charge is 0.298 e. The highest BCUT2D eigenvalue weighted by Crippen LogP contribution is 2.28. The van der Waals surface area contributed by atoms with Gasteiger partial charge in [-0.25, -0.2) is 17.8 Å². The van der Waals surface area contributed by atoms with Crippen LogP contribution in [0.4, 0.5) is 9.52 Å². The maximum absolute atomic E-state index is 14.3. The zero-order chi connectivity index (χ0) is 21.2. The van der Waals surface area contributed by atoms with Crippen LogP contribution >= 0.6 is 11.3 Å². The molecule has 154 valence electrons. The van der Waals surface area contributed by atoms with Gasteiger partial charge in [-0.2, -0.15) is 4.31 Å². The van der Waals surface area contributed by atoms with Crippen LogP contribution in [0.2, 0.25) is 0 Å². The average Bonchev–Trinajstić information content (AvgIpc) is 3.09. The number of aryl methyl sites for hydroxylation is 1. The van der Waals surface area contributed by atoms with Gasteiger partial charge in [-0.15, -0.1) is 0 Å². The zero-order valence-electron chi connectivity index (χ0n) is 16.4. The first-order valence-corrected chi connectivity index (χ1v) is 11.6. The molecule has 0 aliphatic carbocycles. The molecule has 1 heterocycles. The molecule has 0 aliphatic heterocycles. The lowest BCUT2D eigenvalue weighted by molar-refractivity contribution is 0.102. The Morgan fingerprint density at radius 2 is 1.86 bits per heavy atom. The van der Waals surface area contributed by atoms with Crippen molar-refractivity contribution in [3.63, 3.8) is 0 Å². The van der Waals surface area contributed by atoms with Gasteiger partial charge in [0, 0.05) is 18.7 Å². The molecule has 1 N–H and O–H groups in total. The Balaban J connectivity index is 1.90. The van der Waals surface area contributed by atoms with Gasteiger partial charge < -0.3 is 0 Å². The van der Waals surface area contributed by atoms with Crippen molar-refractivity contribution in [2.75, 3.05) is 18.4 Å². The van der Waals surface area contributed by atoms with E-state index in [1.807, 2.05) is 18.2 Å². The van der Waals surface area contributed by atoms with E-state index in [1.54, 1.807) is 13.8 Å². The highest BCUT2D eigenvalue weighted by atomic mass is 32.2. The highest BCUT2D eigenvalue weighted by molar-refractivity contribution is 7.89. The summed E-state index contributed by atoms with van der Waals surface area (Å²) in [6, 6.07) is 9.23. The lowest BCUT2D eigenvalue weighted by Gasteiger charge is -2.19. The van der Waals surface area contributed by atoms with Gasteiger partial charge in [0.2, 0.25) is 10.0 Å². The molecule has 0 unspecified atom stereocenters. The predicted octanol–water partition coefficient (Wildman–Crippen LogP) is 4.28. The smallest absolute Gasteiger partial charge is 0.257 e. The monoisotopic (exact) mass is 435 g/mol. The fourth-order valence-corrected chi connectivity index (χ4v) is 5.43. The minimum Gasteiger partial charge on any atom is -0.298 e. The van der Waals surface area contributed by atoms with E-state index in [0.29, 0.717) is 5.13 Å². The second-order valence-electron chi connectivity index (χ2n) is 6.36. The third-order valence-electron chi connectivity index (χ3n) is 4.60. The molecule has 6 nitrogen and oxygen atoms in total. The van der Waals surface area contributed by atoms with Gasteiger partial charge in [0.15, 0.2) is 5.13 Å². The van der Waals surface area contributed by atoms with Crippen LogP contribution in [0.5, 0.6) is 0 Å². The maximum atomic E-state index is 14.3. The molecule has 3 aromatic rings. The number of halogens is 1. The molecule has 0 aliphatic rings. The number of carbonyl (C=O) groups excluding carboxylic acids is 1. The summed E-state index contributed by atoms with van der Waals surface area (Å²) in [4.78, 5) is 16.5. The molecule has 2 aromatic carbocycles. The predicted molar refractivity (Wildman–Crippen MR) is 113 cm³/mol. The number of aromatic nitrogens is 1. The van der Waals surface area contributed by atoms with Gasteiger partial charge >= 0.3 is 0 Å². The van der Waals surface area contributed by atoms with Gasteiger partial charge in [-0.1, -0.05) is 38.2 Å². The minimum atomic E-state index is -4.02. The van der Waals surface area contributed by atoms with E-state index in [1.165, 1.54) is 23.0 Å². The Morgan fingerprint density at radius 1 is 1.14 bits per heavy atom. The second kappa shape index (κ2) is 8.56. The first-order valence-electron chi connectivity index (χ1n) is 9.30. The number of hydrogen-bond donors (Lipinski definition) is 1. The fraction of sp³-hybridized carbons (Fsp3) is 0.300. The Kier molecular flexibility index (Phi) is 6.30. The number of fused-ring (bicyclic) bond motifs is 1. The van der Waals surface area contributed by atoms with Crippen LogP contribution in [0, 0.1) is 5.82 Å². The van der Waals surface area contributed by atoms with Crippen LogP contribution in [0.3, 0.4) is 0 Å². The molecule has 1 amide bonds. The summed E-state index contributed by atoms with van der Waals surface area (Å²) in [5.74, 6) is -1.43. The summed E-state index contributed by atoms with van der Waals surface area (Å²) < 4.78 is 41.7. The molecular formula is C20H22FN3O3S2. The number of nitrogens with one attached hydrogen (secondary N) is 1. The molecule has 29 heavy (non-hydrogen) atoms. The molecule has 0 bridgehead atoms. The Morgan fingerprint density at radius 3 is 2.52 bits per heavy atom. The lowest BCUT2D eigenvalue weighted by Crippen LogP contribution is -2.31. The van der Waals surface area contributed by atoms with Crippen molar-refractivity contribution < 1.29 is 17.6 Å². The number of hydrogen-bond acceptors (Lipinski definition) is 5. The summed E-state index contributed by atoms with van der Waals surface area (Å²) in [7, 11) is -4.02. The fourth-order valence-electron chi connectivity index (χ4n) is 2.96. The summed E-state index contributed by atoms with van der Waals surface area (Å²) in [5, 5.41) is 3.08. The maximum Gasteiger partial charge on any atom is 0.257 e. The summed E-state index contributed by atoms with van der Waals surface area (Å²) in [5.41, 5.74) is 1.99. The first kappa shape index (κ1) is 21.4. The molecule has 0 saturated carbocycles. The van der Waals surface area contributed by atoms with Crippen molar-refractivity contribution in [1.82, 2.24) is 9.29 Å². The number of carbonyl (C=O) groups is 1. The summed E-state index contributed by atoms with van der Waals surface area (Å²) in [6.07, 6.45) is 0.898. The molecule has 3 rings (SSSR count). The second-order valence-corrected chi connectivity index (χ2v) is 9.30. The number of thiazole rings is 1. The van der Waals surface area contributed by atoms with Gasteiger partial charge in [-0.3, -0.25) is 10.1 Å². The van der Waals surface area contributed by atoms with Crippen LogP contribution in [0.25, 0.3) is 10.2 Å². The van der Waals surface area contributed by atoms with Crippen LogP contribution in [-0.4, -0.2) is 36.7 Å². The van der Waals surface area contributed by atoms with Crippen molar-refractivity contribution in [3.8, 4) is 0 Å². The lowest BCUT2D eigenvalue weighted by atomic mass is 10.2. The molecule has 0 atom stereocenters. The number of anilines is 1. The highest BCUT2D eigenvalue weighted by Gasteiger charge is 2.26. The van der Waals surface area contributed by atoms with E-state index in [9.17, 15) is 17.6 Å². The van der Waals surface area contributed by atoms with E-state index < -0.39 is 26.6 Å². The van der Waals surface area contributed by atoms with E-state index >= 15 is 0 Å². The van der Waals surface area contributed by atoms with E-state index in [0.717, 1.165) is 33.1 Å². The number of rotatable bonds is 7. The molecule has 0 radical (unpaired) electrons. The Bertz CT molecular complexity index is 1150. The van der Waals surface area contributed by atoms with Gasteiger partial charge in [0.25, 0.3) is 5.91 Å². The Hall–Kier alpha value is -2.36. The standard InChI is InChI=1S/C20H22FN3O3S2/c1-4-13-7-10-16-17(11-13)28-20(22-16)23-19(25)14-8-9-15(21)18(12-14)29(26,27)24(5-2)6-3/h7-12H,4-6H2,1-3H3,(H,22,23,25). The average molecular weight is 436 g/mol. The van der Waals surface area contributed by atoms with E-state index in [2.05, 4.69) is 17.2 Å². The van der Waals surface area contributed by atoms with Crippen LogP contribution in [0.15, 0.2) is 41.3 Å². The third-order valence-corrected chi connectivity index (χ3v) is 7.60. The van der Waals surface area contributed by atoms with Crippen molar-refractivity contribution in [2.45, 2.75) is 32.1 Å². The van der Waals surface area contributed by atoms with Crippen LogP contribution in [0.1, 0.15) is 36.7 Å². The quantitative estimate of drug-likeness (QED) is 0.601. The van der Waals surface area contributed by atoms with Crippen LogP contribution in [-0.2, 0) is 16.4 Å². The van der Waals surface area contributed by atoms with Gasteiger partial charge in [0.05, 0.1) is 10.2 Å². The zero-order valence-corrected chi connectivity index (χ0v) is 18.0. The number of benzene rings is 2. The Labute approximate surface area is 173 Å². The van der Waals surface area contributed by atoms with Gasteiger partial charge in [-0.05, 0) is 42.3 Å². The van der Waals surface area contributed by atoms with Crippen LogP contribution < -0.4 is 5.32 Å². The molecule has 0 fully saturated rings. The van der Waals surface area contributed by atoms with Crippen molar-refractivity contribution in [2.24, 2.45) is 0 Å². The summed E-state index contributed by atoms with van der Waals surface area (Å²) in [6.45, 7) is 5.82. The number of sulfonamides is 1. The van der Waals surface area contributed by atoms with Crippen molar-refractivity contribution in [1.29, 1.82) is 0 Å². The molecule has 0 spiro atoms. The normalized spacial score (nSPS) is 11.9. The molecule has 1 aromatic heterocycles. The number of nitrogens with zero attached hydrogens (tertiary/aromatic N) is 2. The topological polar surface area (TPSA) is 79.4 Å². The number of amides is 1. The summed E-state index contributed by atoms with van der Waals surface area (Å²) >= 11 is 1.33. The minimum absolute atomic E-state index is 0.0469. The first-order chi connectivity index (χ1) is 13.8. The van der Waals surface area contributed by atoms with Crippen molar-refractivity contribution in [3.05, 3.63) is 53.3 Å². The third kappa shape index (κ3) is 4.31. The van der Waals surface area contributed by atoms with E-state index in [4.69, 9.17) is 0 Å². The van der Waals surface area contributed by atoms with Gasteiger partial charge in [0.1, 0.15) is 10.7 Å². The molecule has 9 heteroatoms.